The summed E-state index contributed by atoms with van der Waals surface area (Å²) in [5.41, 5.74) is 4.53. The molecule has 0 bridgehead atoms. The standard InChI is InChI=1S/C22H23N3O3S/c1-14-7-6-8-17(11-14)23-22(27)18-9-4-5-10-20(18)24-21(26)13-29-12-19-15(2)25-28-16(19)3/h4-11H,12-13H2,1-3H3,(H,23,27)(H,24,26). The maximum absolute atomic E-state index is 12.7. The van der Waals surface area contributed by atoms with Crippen molar-refractivity contribution in [3.05, 3.63) is 76.7 Å². The third-order valence-corrected chi connectivity index (χ3v) is 5.34. The van der Waals surface area contributed by atoms with Crippen molar-refractivity contribution in [2.24, 2.45) is 0 Å². The number of nitrogens with zero attached hydrogens (tertiary/aromatic N) is 1. The molecular formula is C22H23N3O3S. The zero-order chi connectivity index (χ0) is 20.8. The van der Waals surface area contributed by atoms with Crippen LogP contribution in [0.25, 0.3) is 0 Å². The Balaban J connectivity index is 1.61. The van der Waals surface area contributed by atoms with Crippen molar-refractivity contribution < 1.29 is 14.1 Å². The molecule has 0 radical (unpaired) electrons. The maximum Gasteiger partial charge on any atom is 0.257 e. The number of hydrogen-bond donors (Lipinski definition) is 2. The van der Waals surface area contributed by atoms with Crippen molar-refractivity contribution >= 4 is 35.0 Å². The second-order valence-electron chi connectivity index (χ2n) is 6.71. The summed E-state index contributed by atoms with van der Waals surface area (Å²) in [6.45, 7) is 5.71. The summed E-state index contributed by atoms with van der Waals surface area (Å²) in [6, 6.07) is 14.5. The number of rotatable bonds is 7. The molecule has 0 aliphatic heterocycles. The smallest absolute Gasteiger partial charge is 0.257 e. The van der Waals surface area contributed by atoms with E-state index in [0.29, 0.717) is 22.7 Å². The van der Waals surface area contributed by atoms with Gasteiger partial charge in [0.1, 0.15) is 5.76 Å². The van der Waals surface area contributed by atoms with E-state index in [1.807, 2.05) is 45.0 Å². The van der Waals surface area contributed by atoms with Crippen molar-refractivity contribution in [1.29, 1.82) is 0 Å². The molecule has 0 aliphatic carbocycles. The van der Waals surface area contributed by atoms with Gasteiger partial charge in [0.05, 0.1) is 22.7 Å². The highest BCUT2D eigenvalue weighted by atomic mass is 32.2. The third kappa shape index (κ3) is 5.48. The lowest BCUT2D eigenvalue weighted by Crippen LogP contribution is -2.19. The third-order valence-electron chi connectivity index (χ3n) is 4.38. The fourth-order valence-electron chi connectivity index (χ4n) is 2.85. The molecule has 0 saturated carbocycles. The fourth-order valence-corrected chi connectivity index (χ4v) is 3.83. The van der Waals surface area contributed by atoms with Crippen LogP contribution in [-0.2, 0) is 10.5 Å². The monoisotopic (exact) mass is 409 g/mol. The van der Waals surface area contributed by atoms with Gasteiger partial charge in [-0.3, -0.25) is 9.59 Å². The van der Waals surface area contributed by atoms with Gasteiger partial charge in [-0.1, -0.05) is 29.4 Å². The van der Waals surface area contributed by atoms with Gasteiger partial charge in [-0.2, -0.15) is 0 Å². The number of hydrogen-bond acceptors (Lipinski definition) is 5. The van der Waals surface area contributed by atoms with Crippen LogP contribution in [0.1, 0.15) is 32.9 Å². The lowest BCUT2D eigenvalue weighted by atomic mass is 10.1. The SMILES string of the molecule is Cc1cccc(NC(=O)c2ccccc2NC(=O)CSCc2c(C)noc2C)c1. The highest BCUT2D eigenvalue weighted by Gasteiger charge is 2.14. The summed E-state index contributed by atoms with van der Waals surface area (Å²) < 4.78 is 5.14. The Morgan fingerprint density at radius 3 is 2.55 bits per heavy atom. The van der Waals surface area contributed by atoms with E-state index in [1.165, 1.54) is 11.8 Å². The number of aromatic nitrogens is 1. The highest BCUT2D eigenvalue weighted by Crippen LogP contribution is 2.21. The first-order chi connectivity index (χ1) is 13.9. The van der Waals surface area contributed by atoms with Gasteiger partial charge < -0.3 is 15.2 Å². The molecule has 3 aromatic rings. The first kappa shape index (κ1) is 20.7. The van der Waals surface area contributed by atoms with E-state index in [-0.39, 0.29) is 17.6 Å². The molecule has 3 rings (SSSR count). The number of para-hydroxylation sites is 1. The van der Waals surface area contributed by atoms with Gasteiger partial charge in [-0.05, 0) is 50.6 Å². The molecule has 0 fully saturated rings. The van der Waals surface area contributed by atoms with E-state index in [9.17, 15) is 9.59 Å². The summed E-state index contributed by atoms with van der Waals surface area (Å²) in [5.74, 6) is 1.24. The molecular weight excluding hydrogens is 386 g/mol. The van der Waals surface area contributed by atoms with E-state index < -0.39 is 0 Å². The molecule has 0 unspecified atom stereocenters. The van der Waals surface area contributed by atoms with Crippen molar-refractivity contribution in [2.45, 2.75) is 26.5 Å². The number of aryl methyl sites for hydroxylation is 3. The zero-order valence-corrected chi connectivity index (χ0v) is 17.4. The van der Waals surface area contributed by atoms with Crippen LogP contribution in [0.5, 0.6) is 0 Å². The Hall–Kier alpha value is -3.06. The van der Waals surface area contributed by atoms with Gasteiger partial charge >= 0.3 is 0 Å². The van der Waals surface area contributed by atoms with Gasteiger partial charge in [0.2, 0.25) is 5.91 Å². The predicted octanol–water partition coefficient (Wildman–Crippen LogP) is 4.72. The molecule has 6 nitrogen and oxygen atoms in total. The minimum Gasteiger partial charge on any atom is -0.361 e. The van der Waals surface area contributed by atoms with Gasteiger partial charge in [0.25, 0.3) is 5.91 Å². The molecule has 0 spiro atoms. The summed E-state index contributed by atoms with van der Waals surface area (Å²) in [5, 5.41) is 9.63. The van der Waals surface area contributed by atoms with Crippen LogP contribution in [0.2, 0.25) is 0 Å². The number of anilines is 2. The zero-order valence-electron chi connectivity index (χ0n) is 16.6. The lowest BCUT2D eigenvalue weighted by molar-refractivity contribution is -0.113. The van der Waals surface area contributed by atoms with Crippen LogP contribution < -0.4 is 10.6 Å². The van der Waals surface area contributed by atoms with Crippen molar-refractivity contribution in [2.75, 3.05) is 16.4 Å². The van der Waals surface area contributed by atoms with E-state index in [2.05, 4.69) is 15.8 Å². The van der Waals surface area contributed by atoms with Gasteiger partial charge in [-0.25, -0.2) is 0 Å². The molecule has 0 aliphatic rings. The average molecular weight is 410 g/mol. The molecule has 7 heteroatoms. The van der Waals surface area contributed by atoms with Crippen LogP contribution in [0.15, 0.2) is 53.1 Å². The number of thioether (sulfide) groups is 1. The number of carbonyl (C=O) groups excluding carboxylic acids is 2. The van der Waals surface area contributed by atoms with E-state index in [0.717, 1.165) is 22.6 Å². The fraction of sp³-hybridized carbons (Fsp3) is 0.227. The quantitative estimate of drug-likeness (QED) is 0.590. The molecule has 29 heavy (non-hydrogen) atoms. The summed E-state index contributed by atoms with van der Waals surface area (Å²) in [7, 11) is 0. The van der Waals surface area contributed by atoms with Crippen molar-refractivity contribution in [3.63, 3.8) is 0 Å². The minimum absolute atomic E-state index is 0.169. The number of nitrogens with one attached hydrogen (secondary N) is 2. The predicted molar refractivity (Wildman–Crippen MR) is 116 cm³/mol. The van der Waals surface area contributed by atoms with Gasteiger partial charge in [0, 0.05) is 17.0 Å². The normalized spacial score (nSPS) is 10.6. The number of amides is 2. The van der Waals surface area contributed by atoms with Crippen LogP contribution in [-0.4, -0.2) is 22.7 Å². The Morgan fingerprint density at radius 2 is 1.83 bits per heavy atom. The average Bonchev–Trinajstić information content (AvgIpc) is 3.00. The van der Waals surface area contributed by atoms with E-state index in [4.69, 9.17) is 4.52 Å². The van der Waals surface area contributed by atoms with Crippen LogP contribution in [0, 0.1) is 20.8 Å². The van der Waals surface area contributed by atoms with Crippen LogP contribution in [0.4, 0.5) is 11.4 Å². The van der Waals surface area contributed by atoms with Crippen molar-refractivity contribution in [3.8, 4) is 0 Å². The first-order valence-electron chi connectivity index (χ1n) is 9.20. The topological polar surface area (TPSA) is 84.2 Å². The molecule has 2 amide bonds. The maximum atomic E-state index is 12.7. The minimum atomic E-state index is -0.269. The molecule has 1 aromatic heterocycles. The second-order valence-corrected chi connectivity index (χ2v) is 7.70. The molecule has 0 saturated heterocycles. The number of benzene rings is 2. The molecule has 150 valence electrons. The Labute approximate surface area is 174 Å². The van der Waals surface area contributed by atoms with Crippen molar-refractivity contribution in [1.82, 2.24) is 5.16 Å². The van der Waals surface area contributed by atoms with E-state index >= 15 is 0 Å². The number of carbonyl (C=O) groups is 2. The molecule has 2 aromatic carbocycles. The Bertz CT molecular complexity index is 1010. The Kier molecular flexibility index (Phi) is 6.72. The Morgan fingerprint density at radius 1 is 1.03 bits per heavy atom. The molecule has 2 N–H and O–H groups in total. The van der Waals surface area contributed by atoms with E-state index in [1.54, 1.807) is 24.3 Å². The van der Waals surface area contributed by atoms with Crippen LogP contribution >= 0.6 is 11.8 Å². The lowest BCUT2D eigenvalue weighted by Gasteiger charge is -2.12. The highest BCUT2D eigenvalue weighted by molar-refractivity contribution is 7.99. The summed E-state index contributed by atoms with van der Waals surface area (Å²) >= 11 is 1.47. The molecule has 0 atom stereocenters. The van der Waals surface area contributed by atoms with Crippen LogP contribution in [0.3, 0.4) is 0 Å². The second kappa shape index (κ2) is 9.43. The van der Waals surface area contributed by atoms with Gasteiger partial charge in [-0.15, -0.1) is 11.8 Å². The first-order valence-corrected chi connectivity index (χ1v) is 10.4. The molecule has 1 heterocycles. The van der Waals surface area contributed by atoms with Gasteiger partial charge in [0.15, 0.2) is 0 Å². The summed E-state index contributed by atoms with van der Waals surface area (Å²) in [4.78, 5) is 25.1. The summed E-state index contributed by atoms with van der Waals surface area (Å²) in [6.07, 6.45) is 0. The largest absolute Gasteiger partial charge is 0.361 e.